The van der Waals surface area contributed by atoms with Gasteiger partial charge in [-0.05, 0) is 31.0 Å². The fraction of sp³-hybridized carbons (Fsp3) is 0.316. The van der Waals surface area contributed by atoms with Crippen LogP contribution >= 0.6 is 0 Å². The van der Waals surface area contributed by atoms with Crippen molar-refractivity contribution in [3.63, 3.8) is 0 Å². The number of benzene rings is 1. The predicted octanol–water partition coefficient (Wildman–Crippen LogP) is 3.79. The second kappa shape index (κ2) is 7.87. The first-order chi connectivity index (χ1) is 13.2. The molecule has 3 aromatic rings. The standard InChI is InChI=1S/C19H20F3N5O/c1-13-5-3-4-6-15(13)12-26-9-7-17(25-26)23-18(28)8-10-27-14(2)11-16(24-27)19(20,21)22/h3-7,9,11H,8,10,12H2,1-2H3,(H,23,25,28). The maximum Gasteiger partial charge on any atom is 0.435 e. The number of rotatable bonds is 6. The number of amides is 1. The van der Waals surface area contributed by atoms with Crippen molar-refractivity contribution >= 4 is 11.7 Å². The molecule has 3 rings (SSSR count). The maximum absolute atomic E-state index is 12.7. The van der Waals surface area contributed by atoms with E-state index in [1.54, 1.807) is 16.9 Å². The Labute approximate surface area is 160 Å². The Morgan fingerprint density at radius 3 is 2.57 bits per heavy atom. The smallest absolute Gasteiger partial charge is 0.309 e. The fourth-order valence-electron chi connectivity index (χ4n) is 2.77. The number of anilines is 1. The van der Waals surface area contributed by atoms with Crippen molar-refractivity contribution in [2.75, 3.05) is 5.32 Å². The van der Waals surface area contributed by atoms with Crippen molar-refractivity contribution in [3.8, 4) is 0 Å². The second-order valence-corrected chi connectivity index (χ2v) is 6.52. The minimum Gasteiger partial charge on any atom is -0.309 e. The minimum absolute atomic E-state index is 0.00945. The van der Waals surface area contributed by atoms with E-state index in [-0.39, 0.29) is 18.9 Å². The van der Waals surface area contributed by atoms with E-state index in [2.05, 4.69) is 15.5 Å². The van der Waals surface area contributed by atoms with Gasteiger partial charge in [-0.2, -0.15) is 23.4 Å². The van der Waals surface area contributed by atoms with Crippen molar-refractivity contribution in [1.82, 2.24) is 19.6 Å². The van der Waals surface area contributed by atoms with Crippen LogP contribution in [0.5, 0.6) is 0 Å². The van der Waals surface area contributed by atoms with Crippen LogP contribution in [0.2, 0.25) is 0 Å². The van der Waals surface area contributed by atoms with E-state index in [0.717, 1.165) is 17.2 Å². The van der Waals surface area contributed by atoms with Gasteiger partial charge in [0.15, 0.2) is 11.5 Å². The van der Waals surface area contributed by atoms with E-state index in [4.69, 9.17) is 0 Å². The van der Waals surface area contributed by atoms with Crippen LogP contribution < -0.4 is 5.32 Å². The quantitative estimate of drug-likeness (QED) is 0.695. The summed E-state index contributed by atoms with van der Waals surface area (Å²) in [5.74, 6) is 0.0522. The van der Waals surface area contributed by atoms with Gasteiger partial charge < -0.3 is 5.32 Å². The molecule has 0 unspecified atom stereocenters. The molecule has 148 valence electrons. The molecule has 28 heavy (non-hydrogen) atoms. The number of aryl methyl sites for hydroxylation is 3. The van der Waals surface area contributed by atoms with E-state index < -0.39 is 11.9 Å². The Kier molecular flexibility index (Phi) is 5.53. The average Bonchev–Trinajstić information content (AvgIpc) is 3.21. The van der Waals surface area contributed by atoms with Crippen LogP contribution in [-0.2, 0) is 24.1 Å². The summed E-state index contributed by atoms with van der Waals surface area (Å²) in [5.41, 5.74) is 1.66. The van der Waals surface area contributed by atoms with Gasteiger partial charge in [0.2, 0.25) is 5.91 Å². The van der Waals surface area contributed by atoms with E-state index in [1.807, 2.05) is 31.2 Å². The lowest BCUT2D eigenvalue weighted by atomic mass is 10.1. The summed E-state index contributed by atoms with van der Waals surface area (Å²) in [4.78, 5) is 12.1. The number of nitrogens with one attached hydrogen (secondary N) is 1. The Bertz CT molecular complexity index is 974. The van der Waals surface area contributed by atoms with E-state index in [0.29, 0.717) is 18.1 Å². The van der Waals surface area contributed by atoms with Gasteiger partial charge in [0.25, 0.3) is 0 Å². The highest BCUT2D eigenvalue weighted by molar-refractivity contribution is 5.89. The molecule has 0 saturated carbocycles. The summed E-state index contributed by atoms with van der Waals surface area (Å²) in [6, 6.07) is 10.6. The van der Waals surface area contributed by atoms with E-state index in [9.17, 15) is 18.0 Å². The zero-order valence-corrected chi connectivity index (χ0v) is 15.5. The molecule has 1 aromatic carbocycles. The van der Waals surface area contributed by atoms with Crippen LogP contribution in [0.25, 0.3) is 0 Å². The molecule has 0 aliphatic rings. The number of halogens is 3. The van der Waals surface area contributed by atoms with Crippen LogP contribution in [0.4, 0.5) is 19.0 Å². The molecule has 2 aromatic heterocycles. The summed E-state index contributed by atoms with van der Waals surface area (Å²) in [7, 11) is 0. The van der Waals surface area contributed by atoms with Gasteiger partial charge in [-0.15, -0.1) is 0 Å². The van der Waals surface area contributed by atoms with Gasteiger partial charge in [0, 0.05) is 30.9 Å². The summed E-state index contributed by atoms with van der Waals surface area (Å²) in [6.45, 7) is 4.17. The predicted molar refractivity (Wildman–Crippen MR) is 97.7 cm³/mol. The zero-order chi connectivity index (χ0) is 20.3. The van der Waals surface area contributed by atoms with Crippen molar-refractivity contribution in [2.45, 2.75) is 39.5 Å². The molecule has 2 heterocycles. The van der Waals surface area contributed by atoms with Crippen molar-refractivity contribution in [3.05, 3.63) is 65.1 Å². The lowest BCUT2D eigenvalue weighted by Gasteiger charge is -2.06. The highest BCUT2D eigenvalue weighted by atomic mass is 19.4. The Hall–Kier alpha value is -3.10. The van der Waals surface area contributed by atoms with Crippen LogP contribution in [0.3, 0.4) is 0 Å². The van der Waals surface area contributed by atoms with Crippen LogP contribution in [0.1, 0.15) is 28.9 Å². The Balaban J connectivity index is 1.55. The molecule has 0 bridgehead atoms. The molecule has 0 atom stereocenters. The lowest BCUT2D eigenvalue weighted by Crippen LogP contribution is -2.16. The summed E-state index contributed by atoms with van der Waals surface area (Å²) < 4.78 is 40.9. The number of hydrogen-bond acceptors (Lipinski definition) is 3. The van der Waals surface area contributed by atoms with Crippen molar-refractivity contribution in [1.29, 1.82) is 0 Å². The molecule has 0 aliphatic heterocycles. The molecule has 1 N–H and O–H groups in total. The van der Waals surface area contributed by atoms with Gasteiger partial charge in [0.05, 0.1) is 6.54 Å². The van der Waals surface area contributed by atoms with E-state index in [1.165, 1.54) is 11.6 Å². The molecule has 0 spiro atoms. The number of carbonyl (C=O) groups is 1. The first kappa shape index (κ1) is 19.7. The molecule has 0 aliphatic carbocycles. The first-order valence-electron chi connectivity index (χ1n) is 8.72. The topological polar surface area (TPSA) is 64.7 Å². The van der Waals surface area contributed by atoms with E-state index >= 15 is 0 Å². The largest absolute Gasteiger partial charge is 0.435 e. The van der Waals surface area contributed by atoms with Crippen LogP contribution in [-0.4, -0.2) is 25.5 Å². The number of aromatic nitrogens is 4. The fourth-order valence-corrected chi connectivity index (χ4v) is 2.77. The van der Waals surface area contributed by atoms with Gasteiger partial charge >= 0.3 is 6.18 Å². The summed E-state index contributed by atoms with van der Waals surface area (Å²) in [5, 5.41) is 10.5. The Morgan fingerprint density at radius 2 is 1.89 bits per heavy atom. The lowest BCUT2D eigenvalue weighted by molar-refractivity contribution is -0.141. The number of carbonyl (C=O) groups excluding carboxylic acids is 1. The first-order valence-corrected chi connectivity index (χ1v) is 8.72. The Morgan fingerprint density at radius 1 is 1.14 bits per heavy atom. The number of nitrogens with zero attached hydrogens (tertiary/aromatic N) is 4. The van der Waals surface area contributed by atoms with Crippen molar-refractivity contribution < 1.29 is 18.0 Å². The minimum atomic E-state index is -4.50. The SMILES string of the molecule is Cc1ccccc1Cn1ccc(NC(=O)CCn2nc(C(F)(F)F)cc2C)n1. The third-order valence-electron chi connectivity index (χ3n) is 4.32. The molecular formula is C19H20F3N5O. The average molecular weight is 391 g/mol. The summed E-state index contributed by atoms with van der Waals surface area (Å²) in [6.07, 6.45) is -2.75. The molecule has 1 amide bonds. The highest BCUT2D eigenvalue weighted by Crippen LogP contribution is 2.28. The number of alkyl halides is 3. The molecule has 6 nitrogen and oxygen atoms in total. The molecule has 0 fully saturated rings. The monoisotopic (exact) mass is 391 g/mol. The number of hydrogen-bond donors (Lipinski definition) is 1. The normalized spacial score (nSPS) is 11.6. The maximum atomic E-state index is 12.7. The van der Waals surface area contributed by atoms with Crippen LogP contribution in [0.15, 0.2) is 42.6 Å². The van der Waals surface area contributed by atoms with Crippen molar-refractivity contribution in [2.24, 2.45) is 0 Å². The van der Waals surface area contributed by atoms with Gasteiger partial charge in [-0.3, -0.25) is 14.2 Å². The molecular weight excluding hydrogens is 371 g/mol. The highest BCUT2D eigenvalue weighted by Gasteiger charge is 2.34. The second-order valence-electron chi connectivity index (χ2n) is 6.52. The zero-order valence-electron chi connectivity index (χ0n) is 15.5. The van der Waals surface area contributed by atoms with Gasteiger partial charge in [-0.25, -0.2) is 0 Å². The molecule has 0 saturated heterocycles. The summed E-state index contributed by atoms with van der Waals surface area (Å²) >= 11 is 0. The third-order valence-corrected chi connectivity index (χ3v) is 4.32. The van der Waals surface area contributed by atoms with Gasteiger partial charge in [-0.1, -0.05) is 24.3 Å². The molecule has 0 radical (unpaired) electrons. The third kappa shape index (κ3) is 4.79. The van der Waals surface area contributed by atoms with Crippen LogP contribution in [0, 0.1) is 13.8 Å². The van der Waals surface area contributed by atoms with Gasteiger partial charge in [0.1, 0.15) is 0 Å². The molecule has 9 heteroatoms.